The zero-order valence-corrected chi connectivity index (χ0v) is 16.0. The molecule has 1 atom stereocenters. The number of hydrogen-bond acceptors (Lipinski definition) is 3. The molecule has 28 heavy (non-hydrogen) atoms. The molecule has 7 heteroatoms. The van der Waals surface area contributed by atoms with Crippen LogP contribution in [0.25, 0.3) is 6.08 Å². The van der Waals surface area contributed by atoms with E-state index in [4.69, 9.17) is 11.6 Å². The molecule has 0 bridgehead atoms. The Balaban J connectivity index is 2.01. The third-order valence-corrected chi connectivity index (χ3v) is 5.25. The summed E-state index contributed by atoms with van der Waals surface area (Å²) in [6, 6.07) is 12.8. The molecule has 0 aliphatic carbocycles. The molecule has 1 aliphatic heterocycles. The van der Waals surface area contributed by atoms with Gasteiger partial charge in [0, 0.05) is 31.0 Å². The molecule has 2 aromatic carbocycles. The maximum absolute atomic E-state index is 13.4. The maximum atomic E-state index is 13.4. The van der Waals surface area contributed by atoms with Crippen molar-refractivity contribution in [2.75, 3.05) is 4.90 Å². The number of anilines is 1. The minimum absolute atomic E-state index is 0.341. The van der Waals surface area contributed by atoms with Crippen LogP contribution in [0.1, 0.15) is 22.9 Å². The second kappa shape index (κ2) is 6.80. The van der Waals surface area contributed by atoms with Crippen LogP contribution in [0, 0.1) is 5.82 Å². The number of hydrogen-bond donors (Lipinski definition) is 0. The molecule has 5 nitrogen and oxygen atoms in total. The number of benzene rings is 2. The fraction of sp³-hybridized carbons (Fsp3) is 0.143. The molecule has 0 N–H and O–H groups in total. The van der Waals surface area contributed by atoms with Gasteiger partial charge in [-0.3, -0.25) is 13.9 Å². The van der Waals surface area contributed by atoms with Gasteiger partial charge < -0.3 is 4.90 Å². The highest BCUT2D eigenvalue weighted by atomic mass is 35.5. The Bertz CT molecular complexity index is 1190. The Kier molecular flexibility index (Phi) is 4.43. The molecule has 3 aromatic rings. The molecule has 0 amide bonds. The Morgan fingerprint density at radius 3 is 2.21 bits per heavy atom. The molecular formula is C21H17ClFN3O2. The van der Waals surface area contributed by atoms with Gasteiger partial charge in [0.15, 0.2) is 0 Å². The predicted octanol–water partition coefficient (Wildman–Crippen LogP) is 3.46. The Morgan fingerprint density at radius 2 is 1.57 bits per heavy atom. The van der Waals surface area contributed by atoms with Gasteiger partial charge in [0.25, 0.3) is 5.56 Å². The van der Waals surface area contributed by atoms with Gasteiger partial charge >= 0.3 is 5.69 Å². The molecule has 1 unspecified atom stereocenters. The van der Waals surface area contributed by atoms with E-state index in [0.29, 0.717) is 16.3 Å². The topological polar surface area (TPSA) is 47.2 Å². The third kappa shape index (κ3) is 2.86. The summed E-state index contributed by atoms with van der Waals surface area (Å²) in [6.45, 7) is 0. The first-order chi connectivity index (χ1) is 13.4. The lowest BCUT2D eigenvalue weighted by molar-refractivity contribution is 0.626. The van der Waals surface area contributed by atoms with Crippen molar-refractivity contribution < 1.29 is 4.39 Å². The molecule has 0 fully saturated rings. The van der Waals surface area contributed by atoms with Gasteiger partial charge in [0.2, 0.25) is 0 Å². The Morgan fingerprint density at radius 1 is 0.929 bits per heavy atom. The molecule has 1 aliphatic rings. The van der Waals surface area contributed by atoms with Gasteiger partial charge in [-0.2, -0.15) is 0 Å². The number of halogens is 2. The highest BCUT2D eigenvalue weighted by molar-refractivity contribution is 6.30. The lowest BCUT2D eigenvalue weighted by Gasteiger charge is -2.35. The average Bonchev–Trinajstić information content (AvgIpc) is 2.71. The SMILES string of the molecule is Cn1c2c(c(=O)n(C)c1=O)C(c1ccc(Cl)cc1)N(c1ccc(F)cc1)C=C2. The summed E-state index contributed by atoms with van der Waals surface area (Å²) in [4.78, 5) is 27.3. The first-order valence-corrected chi connectivity index (χ1v) is 9.04. The maximum Gasteiger partial charge on any atom is 0.330 e. The summed E-state index contributed by atoms with van der Waals surface area (Å²) in [5.74, 6) is -0.341. The van der Waals surface area contributed by atoms with Crippen LogP contribution in [-0.4, -0.2) is 9.13 Å². The molecular weight excluding hydrogens is 381 g/mol. The standard InChI is InChI=1S/C21H17ClFN3O2/c1-24-17-11-12-26(16-9-7-15(23)8-10-16)19(13-3-5-14(22)6-4-13)18(17)20(27)25(2)21(24)28/h3-12,19H,1-2H3. The summed E-state index contributed by atoms with van der Waals surface area (Å²) in [6.07, 6.45) is 3.53. The highest BCUT2D eigenvalue weighted by Gasteiger charge is 2.31. The van der Waals surface area contributed by atoms with E-state index in [1.54, 1.807) is 43.6 Å². The highest BCUT2D eigenvalue weighted by Crippen LogP contribution is 2.37. The van der Waals surface area contributed by atoms with Crippen LogP contribution < -0.4 is 16.1 Å². The largest absolute Gasteiger partial charge is 0.336 e. The molecule has 142 valence electrons. The average molecular weight is 398 g/mol. The summed E-state index contributed by atoms with van der Waals surface area (Å²) >= 11 is 6.04. The lowest BCUT2D eigenvalue weighted by Crippen LogP contribution is -2.44. The van der Waals surface area contributed by atoms with Crippen LogP contribution in [0.15, 0.2) is 64.3 Å². The van der Waals surface area contributed by atoms with Crippen molar-refractivity contribution in [2.45, 2.75) is 6.04 Å². The molecule has 0 saturated heterocycles. The van der Waals surface area contributed by atoms with Crippen LogP contribution in [-0.2, 0) is 14.1 Å². The van der Waals surface area contributed by atoms with E-state index in [1.807, 2.05) is 17.0 Å². The monoisotopic (exact) mass is 397 g/mol. The molecule has 2 heterocycles. The van der Waals surface area contributed by atoms with Crippen molar-refractivity contribution >= 4 is 23.4 Å². The van der Waals surface area contributed by atoms with E-state index in [9.17, 15) is 14.0 Å². The van der Waals surface area contributed by atoms with Crippen LogP contribution in [0.5, 0.6) is 0 Å². The quantitative estimate of drug-likeness (QED) is 0.665. The van der Waals surface area contributed by atoms with Crippen molar-refractivity contribution in [1.82, 2.24) is 9.13 Å². The van der Waals surface area contributed by atoms with Gasteiger partial charge in [-0.1, -0.05) is 23.7 Å². The Hall–Kier alpha value is -3.12. The minimum Gasteiger partial charge on any atom is -0.336 e. The van der Waals surface area contributed by atoms with E-state index < -0.39 is 11.7 Å². The lowest BCUT2D eigenvalue weighted by atomic mass is 9.93. The van der Waals surface area contributed by atoms with Crippen molar-refractivity contribution in [3.63, 3.8) is 0 Å². The van der Waals surface area contributed by atoms with E-state index in [2.05, 4.69) is 0 Å². The van der Waals surface area contributed by atoms with E-state index in [-0.39, 0.29) is 11.4 Å². The van der Waals surface area contributed by atoms with Crippen molar-refractivity contribution in [2.24, 2.45) is 14.1 Å². The fourth-order valence-electron chi connectivity index (χ4n) is 3.54. The van der Waals surface area contributed by atoms with Crippen molar-refractivity contribution in [3.05, 3.63) is 103 Å². The van der Waals surface area contributed by atoms with Gasteiger partial charge in [-0.05, 0) is 48.0 Å². The van der Waals surface area contributed by atoms with Crippen LogP contribution >= 0.6 is 11.6 Å². The molecule has 4 rings (SSSR count). The Labute approximate surface area is 165 Å². The van der Waals surface area contributed by atoms with E-state index >= 15 is 0 Å². The minimum atomic E-state index is -0.492. The first-order valence-electron chi connectivity index (χ1n) is 8.66. The second-order valence-corrected chi connectivity index (χ2v) is 7.09. The molecule has 0 saturated carbocycles. The van der Waals surface area contributed by atoms with Crippen molar-refractivity contribution in [1.29, 1.82) is 0 Å². The zero-order chi connectivity index (χ0) is 20.0. The van der Waals surface area contributed by atoms with Gasteiger partial charge in [-0.15, -0.1) is 0 Å². The van der Waals surface area contributed by atoms with E-state index in [0.717, 1.165) is 15.8 Å². The predicted molar refractivity (Wildman–Crippen MR) is 108 cm³/mol. The molecule has 0 spiro atoms. The van der Waals surface area contributed by atoms with Crippen LogP contribution in [0.3, 0.4) is 0 Å². The zero-order valence-electron chi connectivity index (χ0n) is 15.3. The van der Waals surface area contributed by atoms with E-state index in [1.165, 1.54) is 23.7 Å². The number of aromatic nitrogens is 2. The molecule has 1 aromatic heterocycles. The summed E-state index contributed by atoms with van der Waals surface area (Å²) in [7, 11) is 3.10. The van der Waals surface area contributed by atoms with Gasteiger partial charge in [0.1, 0.15) is 5.82 Å². The summed E-state index contributed by atoms with van der Waals surface area (Å²) < 4.78 is 16.0. The van der Waals surface area contributed by atoms with Crippen molar-refractivity contribution in [3.8, 4) is 0 Å². The fourth-order valence-corrected chi connectivity index (χ4v) is 3.67. The second-order valence-electron chi connectivity index (χ2n) is 6.66. The van der Waals surface area contributed by atoms with Gasteiger partial charge in [0.05, 0.1) is 17.3 Å². The smallest absolute Gasteiger partial charge is 0.330 e. The number of rotatable bonds is 2. The normalized spacial score (nSPS) is 15.6. The number of fused-ring (bicyclic) bond motifs is 1. The van der Waals surface area contributed by atoms with Gasteiger partial charge in [-0.25, -0.2) is 9.18 Å². The first kappa shape index (κ1) is 18.3. The molecule has 0 radical (unpaired) electrons. The number of nitrogens with zero attached hydrogens (tertiary/aromatic N) is 3. The summed E-state index contributed by atoms with van der Waals surface area (Å²) in [5.41, 5.74) is 1.81. The van der Waals surface area contributed by atoms with Crippen LogP contribution in [0.4, 0.5) is 10.1 Å². The third-order valence-electron chi connectivity index (χ3n) is 5.00. The van der Waals surface area contributed by atoms with Crippen LogP contribution in [0.2, 0.25) is 5.02 Å². The summed E-state index contributed by atoms with van der Waals surface area (Å²) in [5, 5.41) is 0.581.